The molecular formula is C62H100O6. The minimum Gasteiger partial charge on any atom is -0.462 e. The lowest BCUT2D eigenvalue weighted by Gasteiger charge is -2.18. The third-order valence-corrected chi connectivity index (χ3v) is 11.3. The zero-order valence-corrected chi connectivity index (χ0v) is 43.8. The van der Waals surface area contributed by atoms with E-state index in [9.17, 15) is 14.4 Å². The van der Waals surface area contributed by atoms with Crippen molar-refractivity contribution in [2.24, 2.45) is 0 Å². The molecule has 0 amide bonds. The van der Waals surface area contributed by atoms with Gasteiger partial charge in [-0.15, -0.1) is 0 Å². The molecule has 0 bridgehead atoms. The maximum Gasteiger partial charge on any atom is 0.306 e. The van der Waals surface area contributed by atoms with Crippen LogP contribution in [0.4, 0.5) is 0 Å². The number of unbranched alkanes of at least 4 members (excludes halogenated alkanes) is 21. The van der Waals surface area contributed by atoms with E-state index in [0.29, 0.717) is 19.3 Å². The van der Waals surface area contributed by atoms with Crippen LogP contribution in [0.3, 0.4) is 0 Å². The smallest absolute Gasteiger partial charge is 0.306 e. The molecule has 0 saturated heterocycles. The SMILES string of the molecule is CC\C=C/C=C\C=C/C=C\C=C/CCCCCC(=O)OCC(COC(=O)CCCCCCC/C=C\CCCCCCCCCCC)OC(=O)CCC/C=C\C/C=C\C/C=C\C/C=C\CCCCC. The van der Waals surface area contributed by atoms with E-state index in [1.165, 1.54) is 96.3 Å². The molecule has 68 heavy (non-hydrogen) atoms. The van der Waals surface area contributed by atoms with Crippen LogP contribution >= 0.6 is 0 Å². The van der Waals surface area contributed by atoms with Crippen LogP contribution < -0.4 is 0 Å². The fraction of sp³-hybridized carbons (Fsp3) is 0.629. The molecule has 0 aromatic heterocycles. The van der Waals surface area contributed by atoms with Crippen LogP contribution in [0.1, 0.15) is 233 Å². The highest BCUT2D eigenvalue weighted by Gasteiger charge is 2.19. The van der Waals surface area contributed by atoms with E-state index in [4.69, 9.17) is 14.2 Å². The average Bonchev–Trinajstić information content (AvgIpc) is 3.34. The monoisotopic (exact) mass is 941 g/mol. The number of ether oxygens (including phenoxy) is 3. The lowest BCUT2D eigenvalue weighted by atomic mass is 10.1. The van der Waals surface area contributed by atoms with Crippen molar-refractivity contribution >= 4 is 17.9 Å². The molecule has 0 heterocycles. The Kier molecular flexibility index (Phi) is 52.0. The molecule has 6 nitrogen and oxygen atoms in total. The van der Waals surface area contributed by atoms with E-state index >= 15 is 0 Å². The first-order valence-corrected chi connectivity index (χ1v) is 27.6. The van der Waals surface area contributed by atoms with Crippen molar-refractivity contribution in [1.29, 1.82) is 0 Å². The number of carbonyl (C=O) groups is 3. The van der Waals surface area contributed by atoms with Crippen molar-refractivity contribution < 1.29 is 28.6 Å². The van der Waals surface area contributed by atoms with E-state index in [2.05, 4.69) is 93.7 Å². The van der Waals surface area contributed by atoms with E-state index in [0.717, 1.165) is 89.9 Å². The summed E-state index contributed by atoms with van der Waals surface area (Å²) < 4.78 is 16.7. The number of allylic oxidation sites excluding steroid dienone is 20. The van der Waals surface area contributed by atoms with Crippen LogP contribution in [-0.4, -0.2) is 37.2 Å². The predicted molar refractivity (Wildman–Crippen MR) is 293 cm³/mol. The second-order valence-electron chi connectivity index (χ2n) is 17.9. The van der Waals surface area contributed by atoms with E-state index in [1.54, 1.807) is 0 Å². The van der Waals surface area contributed by atoms with Crippen molar-refractivity contribution in [3.63, 3.8) is 0 Å². The van der Waals surface area contributed by atoms with Crippen molar-refractivity contribution in [2.75, 3.05) is 13.2 Å². The summed E-state index contributed by atoms with van der Waals surface area (Å²) in [7, 11) is 0. The molecule has 384 valence electrons. The summed E-state index contributed by atoms with van der Waals surface area (Å²) in [5.74, 6) is -1.03. The number of carbonyl (C=O) groups excluding carboxylic acids is 3. The van der Waals surface area contributed by atoms with Gasteiger partial charge in [-0.3, -0.25) is 14.4 Å². The molecule has 0 N–H and O–H groups in total. The molecule has 0 aliphatic carbocycles. The number of esters is 3. The molecular weight excluding hydrogens is 841 g/mol. The molecule has 0 aromatic carbocycles. The van der Waals surface area contributed by atoms with Crippen LogP contribution in [0.5, 0.6) is 0 Å². The second-order valence-corrected chi connectivity index (χ2v) is 17.9. The van der Waals surface area contributed by atoms with Gasteiger partial charge in [-0.1, -0.05) is 232 Å². The van der Waals surface area contributed by atoms with Gasteiger partial charge >= 0.3 is 17.9 Å². The first kappa shape index (κ1) is 63.8. The molecule has 0 spiro atoms. The Morgan fingerprint density at radius 3 is 1.13 bits per heavy atom. The molecule has 1 atom stereocenters. The van der Waals surface area contributed by atoms with Gasteiger partial charge in [0.05, 0.1) is 0 Å². The Balaban J connectivity index is 4.56. The van der Waals surface area contributed by atoms with Crippen LogP contribution in [0.15, 0.2) is 122 Å². The summed E-state index contributed by atoms with van der Waals surface area (Å²) in [5, 5.41) is 0. The zero-order valence-electron chi connectivity index (χ0n) is 43.8. The highest BCUT2D eigenvalue weighted by molar-refractivity contribution is 5.71. The van der Waals surface area contributed by atoms with Crippen molar-refractivity contribution in [3.05, 3.63) is 122 Å². The fourth-order valence-corrected chi connectivity index (χ4v) is 7.16. The molecule has 1 unspecified atom stereocenters. The highest BCUT2D eigenvalue weighted by atomic mass is 16.6. The molecule has 0 aliphatic rings. The first-order chi connectivity index (χ1) is 33.5. The van der Waals surface area contributed by atoms with Gasteiger partial charge in [0.25, 0.3) is 0 Å². The number of rotatable bonds is 48. The second kappa shape index (κ2) is 55.4. The third kappa shape index (κ3) is 52.8. The minimum absolute atomic E-state index is 0.121. The molecule has 0 fully saturated rings. The zero-order chi connectivity index (χ0) is 49.3. The van der Waals surface area contributed by atoms with Crippen molar-refractivity contribution in [2.45, 2.75) is 239 Å². The van der Waals surface area contributed by atoms with Gasteiger partial charge in [-0.25, -0.2) is 0 Å². The Morgan fingerprint density at radius 2 is 0.647 bits per heavy atom. The first-order valence-electron chi connectivity index (χ1n) is 27.6. The summed E-state index contributed by atoms with van der Waals surface area (Å²) in [6.45, 7) is 6.37. The average molecular weight is 941 g/mol. The van der Waals surface area contributed by atoms with Crippen LogP contribution in [0.2, 0.25) is 0 Å². The maximum absolute atomic E-state index is 12.8. The summed E-state index contributed by atoms with van der Waals surface area (Å²) in [6.07, 6.45) is 76.2. The summed E-state index contributed by atoms with van der Waals surface area (Å²) in [5.41, 5.74) is 0. The lowest BCUT2D eigenvalue weighted by molar-refractivity contribution is -0.167. The fourth-order valence-electron chi connectivity index (χ4n) is 7.16. The van der Waals surface area contributed by atoms with Crippen LogP contribution in [0.25, 0.3) is 0 Å². The normalized spacial score (nSPS) is 13.0. The quantitative estimate of drug-likeness (QED) is 0.0199. The van der Waals surface area contributed by atoms with E-state index in [1.807, 2.05) is 48.6 Å². The molecule has 6 heteroatoms. The Morgan fingerprint density at radius 1 is 0.324 bits per heavy atom. The van der Waals surface area contributed by atoms with Crippen molar-refractivity contribution in [3.8, 4) is 0 Å². The number of hydrogen-bond acceptors (Lipinski definition) is 6. The molecule has 0 aromatic rings. The van der Waals surface area contributed by atoms with Gasteiger partial charge in [0.1, 0.15) is 13.2 Å². The molecule has 0 radical (unpaired) electrons. The minimum atomic E-state index is -0.831. The van der Waals surface area contributed by atoms with E-state index in [-0.39, 0.29) is 37.5 Å². The largest absolute Gasteiger partial charge is 0.462 e. The van der Waals surface area contributed by atoms with Gasteiger partial charge < -0.3 is 14.2 Å². The summed E-state index contributed by atoms with van der Waals surface area (Å²) in [4.78, 5) is 38.1. The Labute approximate surface area is 418 Å². The van der Waals surface area contributed by atoms with Gasteiger partial charge in [0, 0.05) is 19.3 Å². The van der Waals surface area contributed by atoms with E-state index < -0.39 is 6.10 Å². The standard InChI is InChI=1S/C62H100O6/c1-4-7-10-13-16-19-22-25-28-30-32-34-37-40-43-46-49-52-55-61(64)67-58-59(57-66-60(63)54-51-48-45-42-39-36-33-27-24-21-18-15-12-9-6-3)68-62(65)56-53-50-47-44-41-38-35-31-29-26-23-20-17-14-11-8-5-2/h9,12,15,17-18,20-21,24,26-27,29,32-36,38-39,44,47,59H,4-8,10-11,13-14,16,19,22-23,25,28,30-31,37,40-43,45-46,48-58H2,1-3H3/b12-9-,18-15-,20-17-,24-21-,29-26-,33-27-,34-32-,38-35-,39-36-,47-44-. The Bertz CT molecular complexity index is 1450. The molecule has 0 saturated carbocycles. The van der Waals surface area contributed by atoms with Gasteiger partial charge in [-0.2, -0.15) is 0 Å². The third-order valence-electron chi connectivity index (χ3n) is 11.3. The highest BCUT2D eigenvalue weighted by Crippen LogP contribution is 2.13. The molecule has 0 rings (SSSR count). The summed E-state index contributed by atoms with van der Waals surface area (Å²) in [6, 6.07) is 0. The Hall–Kier alpha value is -4.19. The number of hydrogen-bond donors (Lipinski definition) is 0. The maximum atomic E-state index is 12.8. The topological polar surface area (TPSA) is 78.9 Å². The predicted octanol–water partition coefficient (Wildman–Crippen LogP) is 18.5. The summed E-state index contributed by atoms with van der Waals surface area (Å²) >= 11 is 0. The molecule has 0 aliphatic heterocycles. The van der Waals surface area contributed by atoms with Crippen LogP contribution in [-0.2, 0) is 28.6 Å². The van der Waals surface area contributed by atoms with Crippen LogP contribution in [0, 0.1) is 0 Å². The lowest BCUT2D eigenvalue weighted by Crippen LogP contribution is -2.30. The van der Waals surface area contributed by atoms with Gasteiger partial charge in [0.15, 0.2) is 6.10 Å². The van der Waals surface area contributed by atoms with Gasteiger partial charge in [0.2, 0.25) is 0 Å². The van der Waals surface area contributed by atoms with Gasteiger partial charge in [-0.05, 0) is 103 Å². The van der Waals surface area contributed by atoms with Crippen molar-refractivity contribution in [1.82, 2.24) is 0 Å².